The van der Waals surface area contributed by atoms with Gasteiger partial charge in [0.15, 0.2) is 6.29 Å². The van der Waals surface area contributed by atoms with Gasteiger partial charge in [-0.05, 0) is 38.5 Å². The maximum Gasteiger partial charge on any atom is 0.306 e. The van der Waals surface area contributed by atoms with Crippen LogP contribution >= 0.6 is 0 Å². The molecule has 1 aliphatic rings. The third-order valence-corrected chi connectivity index (χ3v) is 10.4. The normalized spacial score (nSPS) is 21.1. The number of unbranched alkanes of at least 4 members (excludes halogenated alkanes) is 25. The molecule has 0 spiro atoms. The van der Waals surface area contributed by atoms with Gasteiger partial charge < -0.3 is 39.4 Å². The second-order valence-electron chi connectivity index (χ2n) is 15.5. The first-order valence-corrected chi connectivity index (χ1v) is 22.3. The smallest absolute Gasteiger partial charge is 0.306 e. The van der Waals surface area contributed by atoms with Gasteiger partial charge in [-0.3, -0.25) is 4.79 Å². The lowest BCUT2D eigenvalue weighted by atomic mass is 9.99. The number of carbonyl (C=O) groups excluding carboxylic acids is 1. The van der Waals surface area contributed by atoms with E-state index in [-0.39, 0.29) is 19.2 Å². The number of esters is 1. The summed E-state index contributed by atoms with van der Waals surface area (Å²) >= 11 is 0. The largest absolute Gasteiger partial charge is 0.457 e. The molecule has 4 N–H and O–H groups in total. The molecule has 1 saturated heterocycles. The fraction of sp³-hybridized carbons (Fsp3) is 0.932. The van der Waals surface area contributed by atoms with Crippen molar-refractivity contribution < 1.29 is 44.2 Å². The Hall–Kier alpha value is -1.07. The van der Waals surface area contributed by atoms with Gasteiger partial charge in [0, 0.05) is 13.0 Å². The number of ether oxygens (including phenoxy) is 4. The standard InChI is InChI=1S/C44H84O9/c1-3-5-7-9-11-12-13-14-15-16-17-18-19-20-21-22-23-24-25-26-27-28-30-32-34-50-36-38(52-40(46)33-31-29-10-8-6-4-2)37-51-44-43(49)42(48)41(47)39(35-45)53-44/h16-17,38-39,41-45,47-49H,3-15,18-37H2,1-2H3/b17-16-. The van der Waals surface area contributed by atoms with Crippen LogP contribution in [0.3, 0.4) is 0 Å². The van der Waals surface area contributed by atoms with E-state index in [1.165, 1.54) is 148 Å². The molecule has 6 unspecified atom stereocenters. The first-order valence-electron chi connectivity index (χ1n) is 22.3. The Kier molecular flexibility index (Phi) is 34.5. The monoisotopic (exact) mass is 757 g/mol. The molecule has 0 bridgehead atoms. The first kappa shape index (κ1) is 49.9. The minimum atomic E-state index is -1.53. The average Bonchev–Trinajstić information content (AvgIpc) is 3.16. The summed E-state index contributed by atoms with van der Waals surface area (Å²) < 4.78 is 22.7. The van der Waals surface area contributed by atoms with Crippen molar-refractivity contribution in [2.45, 2.75) is 237 Å². The maximum absolute atomic E-state index is 12.6. The number of hydrogen-bond donors (Lipinski definition) is 4. The predicted molar refractivity (Wildman–Crippen MR) is 215 cm³/mol. The highest BCUT2D eigenvalue weighted by molar-refractivity contribution is 5.69. The van der Waals surface area contributed by atoms with Gasteiger partial charge in [0.1, 0.15) is 30.5 Å². The van der Waals surface area contributed by atoms with Crippen molar-refractivity contribution in [2.24, 2.45) is 0 Å². The lowest BCUT2D eigenvalue weighted by molar-refractivity contribution is -0.305. The van der Waals surface area contributed by atoms with Crippen LogP contribution in [0.5, 0.6) is 0 Å². The van der Waals surface area contributed by atoms with Crippen LogP contribution in [0.15, 0.2) is 12.2 Å². The van der Waals surface area contributed by atoms with Gasteiger partial charge in [0.2, 0.25) is 0 Å². The summed E-state index contributed by atoms with van der Waals surface area (Å²) in [5.74, 6) is -0.321. The zero-order chi connectivity index (χ0) is 38.6. The van der Waals surface area contributed by atoms with Crippen LogP contribution in [0.25, 0.3) is 0 Å². The van der Waals surface area contributed by atoms with Gasteiger partial charge in [-0.25, -0.2) is 0 Å². The second kappa shape index (κ2) is 36.6. The minimum Gasteiger partial charge on any atom is -0.457 e. The van der Waals surface area contributed by atoms with Crippen LogP contribution in [0, 0.1) is 0 Å². The molecule has 53 heavy (non-hydrogen) atoms. The van der Waals surface area contributed by atoms with E-state index in [0.717, 1.165) is 32.1 Å². The molecular weight excluding hydrogens is 672 g/mol. The number of aliphatic hydroxyl groups is 4. The van der Waals surface area contributed by atoms with Gasteiger partial charge in [-0.15, -0.1) is 0 Å². The zero-order valence-electron chi connectivity index (χ0n) is 34.3. The van der Waals surface area contributed by atoms with E-state index in [4.69, 9.17) is 18.9 Å². The molecule has 314 valence electrons. The van der Waals surface area contributed by atoms with Crippen LogP contribution in [0.2, 0.25) is 0 Å². The van der Waals surface area contributed by atoms with Gasteiger partial charge >= 0.3 is 5.97 Å². The molecule has 1 heterocycles. The van der Waals surface area contributed by atoms with Crippen LogP contribution in [-0.2, 0) is 23.7 Å². The summed E-state index contributed by atoms with van der Waals surface area (Å²) in [6.07, 6.45) is 32.8. The minimum absolute atomic E-state index is 0.109. The van der Waals surface area contributed by atoms with Crippen molar-refractivity contribution >= 4 is 5.97 Å². The number of hydrogen-bond acceptors (Lipinski definition) is 9. The molecule has 1 aliphatic heterocycles. The lowest BCUT2D eigenvalue weighted by Gasteiger charge is -2.39. The number of carbonyl (C=O) groups is 1. The predicted octanol–water partition coefficient (Wildman–Crippen LogP) is 9.64. The van der Waals surface area contributed by atoms with E-state index < -0.39 is 43.4 Å². The van der Waals surface area contributed by atoms with Gasteiger partial charge in [-0.2, -0.15) is 0 Å². The number of rotatable bonds is 38. The molecule has 0 saturated carbocycles. The molecule has 0 aliphatic carbocycles. The highest BCUT2D eigenvalue weighted by Crippen LogP contribution is 2.22. The molecule has 0 aromatic rings. The highest BCUT2D eigenvalue weighted by Gasteiger charge is 2.44. The maximum atomic E-state index is 12.6. The Morgan fingerprint density at radius 3 is 1.53 bits per heavy atom. The van der Waals surface area contributed by atoms with E-state index in [0.29, 0.717) is 13.0 Å². The molecule has 1 rings (SSSR count). The molecule has 1 fully saturated rings. The van der Waals surface area contributed by atoms with E-state index in [9.17, 15) is 25.2 Å². The van der Waals surface area contributed by atoms with Crippen molar-refractivity contribution in [3.63, 3.8) is 0 Å². The summed E-state index contributed by atoms with van der Waals surface area (Å²) in [7, 11) is 0. The van der Waals surface area contributed by atoms with Crippen molar-refractivity contribution in [1.82, 2.24) is 0 Å². The number of allylic oxidation sites excluding steroid dienone is 2. The van der Waals surface area contributed by atoms with Gasteiger partial charge in [0.25, 0.3) is 0 Å². The highest BCUT2D eigenvalue weighted by atomic mass is 16.7. The quantitative estimate of drug-likeness (QED) is 0.0276. The van der Waals surface area contributed by atoms with Crippen molar-refractivity contribution in [3.8, 4) is 0 Å². The summed E-state index contributed by atoms with van der Waals surface area (Å²) in [6, 6.07) is 0. The fourth-order valence-corrected chi connectivity index (χ4v) is 6.90. The molecule has 0 aromatic heterocycles. The zero-order valence-corrected chi connectivity index (χ0v) is 34.3. The molecule has 0 aromatic carbocycles. The van der Waals surface area contributed by atoms with E-state index in [2.05, 4.69) is 26.0 Å². The summed E-state index contributed by atoms with van der Waals surface area (Å²) in [5.41, 5.74) is 0. The van der Waals surface area contributed by atoms with E-state index in [1.54, 1.807) is 0 Å². The summed E-state index contributed by atoms with van der Waals surface area (Å²) in [5, 5.41) is 39.9. The van der Waals surface area contributed by atoms with Crippen LogP contribution < -0.4 is 0 Å². The molecule has 9 heteroatoms. The van der Waals surface area contributed by atoms with Crippen molar-refractivity contribution in [2.75, 3.05) is 26.4 Å². The Morgan fingerprint density at radius 2 is 1.04 bits per heavy atom. The van der Waals surface area contributed by atoms with Gasteiger partial charge in [0.05, 0.1) is 19.8 Å². The Balaban J connectivity index is 2.10. The Labute approximate surface area is 325 Å². The topological polar surface area (TPSA) is 135 Å². The number of aliphatic hydroxyl groups excluding tert-OH is 4. The Morgan fingerprint density at radius 1 is 0.585 bits per heavy atom. The molecular formula is C44H84O9. The SMILES string of the molecule is CCCCCCCCCC/C=C\CCCCCCCCCCCCCCOCC(COC1OC(CO)C(O)C(O)C1O)OC(=O)CCCCCCCC. The molecule has 0 amide bonds. The Bertz CT molecular complexity index is 823. The van der Waals surface area contributed by atoms with Crippen molar-refractivity contribution in [1.29, 1.82) is 0 Å². The lowest BCUT2D eigenvalue weighted by Crippen LogP contribution is -2.59. The van der Waals surface area contributed by atoms with Crippen molar-refractivity contribution in [3.05, 3.63) is 12.2 Å². The molecule has 0 radical (unpaired) electrons. The van der Waals surface area contributed by atoms with E-state index >= 15 is 0 Å². The van der Waals surface area contributed by atoms with E-state index in [1.807, 2.05) is 0 Å². The average molecular weight is 757 g/mol. The fourth-order valence-electron chi connectivity index (χ4n) is 6.90. The first-order chi connectivity index (χ1) is 25.9. The van der Waals surface area contributed by atoms with Gasteiger partial charge in [-0.1, -0.05) is 167 Å². The summed E-state index contributed by atoms with van der Waals surface area (Å²) in [4.78, 5) is 12.6. The second-order valence-corrected chi connectivity index (χ2v) is 15.5. The van der Waals surface area contributed by atoms with Crippen LogP contribution in [-0.4, -0.2) is 89.6 Å². The molecule has 6 atom stereocenters. The summed E-state index contributed by atoms with van der Waals surface area (Å²) in [6.45, 7) is 4.51. The van der Waals surface area contributed by atoms with Crippen LogP contribution in [0.1, 0.15) is 200 Å². The molecule has 9 nitrogen and oxygen atoms in total. The third-order valence-electron chi connectivity index (χ3n) is 10.4. The van der Waals surface area contributed by atoms with Crippen LogP contribution in [0.4, 0.5) is 0 Å². The third kappa shape index (κ3) is 28.1.